The minimum absolute atomic E-state index is 0. The number of hydrogen-bond donors (Lipinski definition) is 0. The molecule has 37 heavy (non-hydrogen) atoms. The van der Waals surface area contributed by atoms with Crippen molar-refractivity contribution in [3.05, 3.63) is 133 Å². The molecule has 4 aromatic carbocycles. The van der Waals surface area contributed by atoms with Gasteiger partial charge in [0.05, 0.1) is 0 Å². The summed E-state index contributed by atoms with van der Waals surface area (Å²) in [4.78, 5) is 30.0. The van der Waals surface area contributed by atoms with Crippen LogP contribution in [-0.4, -0.2) is 34.3 Å². The van der Waals surface area contributed by atoms with Crippen molar-refractivity contribution in [2.24, 2.45) is 0 Å². The van der Waals surface area contributed by atoms with Gasteiger partial charge in [0.15, 0.2) is 6.61 Å². The van der Waals surface area contributed by atoms with Gasteiger partial charge in [-0.25, -0.2) is 0 Å². The number of methoxy groups -OCH3 is 1. The van der Waals surface area contributed by atoms with E-state index in [1.54, 1.807) is 7.11 Å². The van der Waals surface area contributed by atoms with Crippen molar-refractivity contribution in [1.82, 2.24) is 0 Å². The van der Waals surface area contributed by atoms with Crippen molar-refractivity contribution in [1.29, 1.82) is 0 Å². The Labute approximate surface area is 235 Å². The van der Waals surface area contributed by atoms with E-state index in [1.165, 1.54) is 15.9 Å². The SMILES string of the molecule is CO[C]c1ccccc1.[C]=O.[C]=O.[C]=O.[C]=O.[W].c1ccc(P(c2ccccc2)c2ccccc2)cc1. The molecular weight excluding hydrogens is 655 g/mol. The molecule has 0 amide bonds. The number of rotatable bonds is 5. The monoisotopic (exact) mass is 678 g/mol. The summed E-state index contributed by atoms with van der Waals surface area (Å²) in [5, 5.41) is 4.19. The molecule has 0 aliphatic rings. The molecule has 0 atom stereocenters. The Bertz CT molecular complexity index is 891. The van der Waals surface area contributed by atoms with Crippen LogP contribution in [0.15, 0.2) is 121 Å². The number of ether oxygens (including phenoxy) is 1. The molecule has 10 radical (unpaired) electrons. The van der Waals surface area contributed by atoms with Crippen LogP contribution in [-0.2, 0) is 45.0 Å². The molecule has 0 spiro atoms. The van der Waals surface area contributed by atoms with Gasteiger partial charge in [-0.1, -0.05) is 121 Å². The van der Waals surface area contributed by atoms with Gasteiger partial charge >= 0.3 is 0 Å². The molecule has 0 aromatic heterocycles. The van der Waals surface area contributed by atoms with Crippen LogP contribution < -0.4 is 15.9 Å². The Morgan fingerprint density at radius 3 is 0.973 bits per heavy atom. The Morgan fingerprint density at radius 1 is 0.486 bits per heavy atom. The topological polar surface area (TPSA) is 77.5 Å². The van der Waals surface area contributed by atoms with Crippen molar-refractivity contribution in [3.63, 3.8) is 0 Å². The molecule has 0 unspecified atom stereocenters. The average Bonchev–Trinajstić information content (AvgIpc) is 3.00. The largest absolute Gasteiger partial charge is 0.366 e. The minimum atomic E-state index is -0.446. The second-order valence-electron chi connectivity index (χ2n) is 6.01. The van der Waals surface area contributed by atoms with Crippen LogP contribution in [0, 0.1) is 6.61 Å². The molecule has 0 bridgehead atoms. The number of carbonyl (C=O) groups excluding carboxylic acids is 4. The third kappa shape index (κ3) is 16.1. The fraction of sp³-hybridized carbons (Fsp3) is 0.0333. The molecule has 0 heterocycles. The van der Waals surface area contributed by atoms with Gasteiger partial charge in [-0.05, 0) is 29.4 Å². The van der Waals surface area contributed by atoms with E-state index in [9.17, 15) is 0 Å². The summed E-state index contributed by atoms with van der Waals surface area (Å²) in [7, 11) is 1.14. The van der Waals surface area contributed by atoms with E-state index < -0.39 is 7.92 Å². The first-order valence-corrected chi connectivity index (χ1v) is 11.3. The van der Waals surface area contributed by atoms with Crippen molar-refractivity contribution in [2.45, 2.75) is 0 Å². The third-order valence-electron chi connectivity index (χ3n) is 4.04. The van der Waals surface area contributed by atoms with E-state index in [1.807, 2.05) is 30.3 Å². The zero-order chi connectivity index (χ0) is 27.4. The number of benzene rings is 4. The Kier molecular flexibility index (Phi) is 29.8. The minimum Gasteiger partial charge on any atom is -0.366 e. The van der Waals surface area contributed by atoms with Gasteiger partial charge in [-0.15, -0.1) is 0 Å². The molecule has 0 fully saturated rings. The summed E-state index contributed by atoms with van der Waals surface area (Å²) in [6.07, 6.45) is 0. The van der Waals surface area contributed by atoms with Crippen molar-refractivity contribution < 1.29 is 45.0 Å². The van der Waals surface area contributed by atoms with Crippen molar-refractivity contribution >= 4 is 51.0 Å². The van der Waals surface area contributed by atoms with Gasteiger partial charge in [0.1, 0.15) is 0 Å². The first kappa shape index (κ1) is 38.2. The second kappa shape index (κ2) is 28.9. The molecule has 184 valence electrons. The maximum Gasteiger partial charge on any atom is 0.281 e. The van der Waals surface area contributed by atoms with E-state index in [0.29, 0.717) is 0 Å². The maximum atomic E-state index is 7.50. The predicted molar refractivity (Wildman–Crippen MR) is 144 cm³/mol. The Hall–Kier alpha value is -3.36. The van der Waals surface area contributed by atoms with Crippen molar-refractivity contribution in [2.75, 3.05) is 7.11 Å². The maximum absolute atomic E-state index is 7.50. The van der Waals surface area contributed by atoms with Crippen LogP contribution >= 0.6 is 7.92 Å². The zero-order valence-electron chi connectivity index (χ0n) is 19.9. The first-order valence-electron chi connectivity index (χ1n) is 9.99. The van der Waals surface area contributed by atoms with Gasteiger partial charge < -0.3 is 4.74 Å². The summed E-state index contributed by atoms with van der Waals surface area (Å²) in [5.41, 5.74) is 0.972. The molecule has 4 rings (SSSR count). The van der Waals surface area contributed by atoms with Crippen LogP contribution in [0.25, 0.3) is 0 Å². The van der Waals surface area contributed by atoms with E-state index in [2.05, 4.69) is 129 Å². The third-order valence-corrected chi connectivity index (χ3v) is 6.48. The van der Waals surface area contributed by atoms with Gasteiger partial charge in [-0.2, -0.15) is 0 Å². The van der Waals surface area contributed by atoms with Crippen LogP contribution in [0.1, 0.15) is 5.56 Å². The van der Waals surface area contributed by atoms with E-state index >= 15 is 0 Å². The summed E-state index contributed by atoms with van der Waals surface area (Å²) in [5.74, 6) is 0. The standard InChI is InChI=1S/C18H15P.C8H8O.4CO.W/c1-4-10-16(11-5-1)19(17-12-6-2-7-13-17)18-14-8-3-9-15-18;1-9-7-8-5-3-2-4-6-8;4*1-2;/h1-15H;2-6H,1H3;;;;;. The van der Waals surface area contributed by atoms with Crippen LogP contribution in [0.3, 0.4) is 0 Å². The van der Waals surface area contributed by atoms with Gasteiger partial charge in [0.25, 0.3) is 27.2 Å². The van der Waals surface area contributed by atoms with Gasteiger partial charge in [0, 0.05) is 28.2 Å². The Balaban J connectivity index is -0.000000545. The van der Waals surface area contributed by atoms with Gasteiger partial charge in [0.2, 0.25) is 0 Å². The molecule has 5 nitrogen and oxygen atoms in total. The molecule has 0 saturated heterocycles. The summed E-state index contributed by atoms with van der Waals surface area (Å²) in [6.45, 7) is 20.7. The predicted octanol–water partition coefficient (Wildman–Crippen LogP) is 3.57. The quantitative estimate of drug-likeness (QED) is 0.302. The Morgan fingerprint density at radius 2 is 0.730 bits per heavy atom. The number of hydrogen-bond acceptors (Lipinski definition) is 5. The molecule has 0 N–H and O–H groups in total. The van der Waals surface area contributed by atoms with Gasteiger partial charge in [-0.3, -0.25) is 19.2 Å². The van der Waals surface area contributed by atoms with E-state index in [4.69, 9.17) is 19.2 Å². The van der Waals surface area contributed by atoms with E-state index in [-0.39, 0.29) is 21.1 Å². The summed E-state index contributed by atoms with van der Waals surface area (Å²) < 4.78 is 4.68. The fourth-order valence-electron chi connectivity index (χ4n) is 2.80. The molecule has 0 aliphatic heterocycles. The normalized spacial score (nSPS) is 8.16. The zero-order valence-corrected chi connectivity index (χ0v) is 23.8. The van der Waals surface area contributed by atoms with Crippen LogP contribution in [0.5, 0.6) is 0 Å². The smallest absolute Gasteiger partial charge is 0.281 e. The molecule has 0 saturated carbocycles. The van der Waals surface area contributed by atoms with Crippen LogP contribution in [0.4, 0.5) is 0 Å². The summed E-state index contributed by atoms with van der Waals surface area (Å²) in [6, 6.07) is 42.0. The van der Waals surface area contributed by atoms with Crippen LogP contribution in [0.2, 0.25) is 0 Å². The fourth-order valence-corrected chi connectivity index (χ4v) is 5.11. The first-order chi connectivity index (χ1) is 17.9. The molecular formula is C30H23O5PW. The van der Waals surface area contributed by atoms with Crippen molar-refractivity contribution in [3.8, 4) is 0 Å². The summed E-state index contributed by atoms with van der Waals surface area (Å²) >= 11 is 0. The average molecular weight is 678 g/mol. The van der Waals surface area contributed by atoms with E-state index in [0.717, 1.165) is 5.56 Å². The molecule has 4 aromatic rings. The molecule has 7 heteroatoms. The molecule has 0 aliphatic carbocycles. The second-order valence-corrected chi connectivity index (χ2v) is 8.23.